The maximum Gasteiger partial charge on any atom is 0.266 e. The van der Waals surface area contributed by atoms with Crippen molar-refractivity contribution in [2.24, 2.45) is 0 Å². The highest BCUT2D eigenvalue weighted by Gasteiger charge is 2.15. The van der Waals surface area contributed by atoms with Crippen LogP contribution in [0.1, 0.15) is 11.1 Å². The predicted octanol–water partition coefficient (Wildman–Crippen LogP) is 5.72. The Balaban J connectivity index is 1.88. The summed E-state index contributed by atoms with van der Waals surface area (Å²) in [7, 11) is 1.51. The number of benzene rings is 3. The molecule has 0 saturated carbocycles. The van der Waals surface area contributed by atoms with Gasteiger partial charge >= 0.3 is 0 Å². The number of carbonyl (C=O) groups excluding carboxylic acids is 1. The predicted molar refractivity (Wildman–Crippen MR) is 120 cm³/mol. The topological polar surface area (TPSA) is 71.3 Å². The number of ether oxygens (including phenoxy) is 2. The number of carbonyl (C=O) groups is 1. The van der Waals surface area contributed by atoms with E-state index < -0.39 is 11.7 Å². The Morgan fingerprint density at radius 3 is 2.55 bits per heavy atom. The van der Waals surface area contributed by atoms with Gasteiger partial charge in [-0.1, -0.05) is 52.3 Å². The molecule has 3 aromatic carbocycles. The first-order valence-electron chi connectivity index (χ1n) is 9.23. The van der Waals surface area contributed by atoms with E-state index >= 15 is 0 Å². The zero-order valence-corrected chi connectivity index (χ0v) is 18.1. The van der Waals surface area contributed by atoms with Crippen LogP contribution in [-0.4, -0.2) is 13.0 Å². The normalized spacial score (nSPS) is 10.8. The lowest BCUT2D eigenvalue weighted by Gasteiger charge is -2.14. The number of nitriles is 1. The van der Waals surface area contributed by atoms with Gasteiger partial charge in [-0.2, -0.15) is 5.26 Å². The van der Waals surface area contributed by atoms with E-state index in [-0.39, 0.29) is 17.9 Å². The van der Waals surface area contributed by atoms with E-state index in [1.165, 1.54) is 31.4 Å². The number of hydrogen-bond acceptors (Lipinski definition) is 4. The summed E-state index contributed by atoms with van der Waals surface area (Å²) in [6, 6.07) is 20.4. The smallest absolute Gasteiger partial charge is 0.266 e. The standard InChI is InChI=1S/C24H18BrFN2O3/c1-30-22-8-4-5-17(23(22)31-15-16-9-11-19(25)12-10-16)13-18(14-27)24(29)28-21-7-3-2-6-20(21)26/h2-13H,15H2,1H3,(H,28,29)/b18-13+. The highest BCUT2D eigenvalue weighted by atomic mass is 79.9. The molecule has 0 aliphatic heterocycles. The van der Waals surface area contributed by atoms with Gasteiger partial charge in [0.1, 0.15) is 24.1 Å². The molecular weight excluding hydrogens is 463 g/mol. The Morgan fingerprint density at radius 1 is 1.13 bits per heavy atom. The van der Waals surface area contributed by atoms with Crippen molar-refractivity contribution in [1.82, 2.24) is 0 Å². The number of para-hydroxylation sites is 2. The summed E-state index contributed by atoms with van der Waals surface area (Å²) in [5.41, 5.74) is 1.20. The van der Waals surface area contributed by atoms with Crippen LogP contribution in [-0.2, 0) is 11.4 Å². The third-order valence-electron chi connectivity index (χ3n) is 4.31. The van der Waals surface area contributed by atoms with Crippen molar-refractivity contribution in [3.63, 3.8) is 0 Å². The first kappa shape index (κ1) is 22.1. The van der Waals surface area contributed by atoms with Crippen LogP contribution in [0.3, 0.4) is 0 Å². The van der Waals surface area contributed by atoms with E-state index in [4.69, 9.17) is 9.47 Å². The van der Waals surface area contributed by atoms with Gasteiger partial charge in [0.05, 0.1) is 12.8 Å². The summed E-state index contributed by atoms with van der Waals surface area (Å²) in [6.07, 6.45) is 1.38. The lowest BCUT2D eigenvalue weighted by Crippen LogP contribution is -2.14. The average molecular weight is 481 g/mol. The van der Waals surface area contributed by atoms with E-state index in [0.717, 1.165) is 10.0 Å². The maximum absolute atomic E-state index is 13.8. The first-order chi connectivity index (χ1) is 15.0. The van der Waals surface area contributed by atoms with Gasteiger partial charge in [-0.3, -0.25) is 4.79 Å². The summed E-state index contributed by atoms with van der Waals surface area (Å²) < 4.78 is 26.1. The van der Waals surface area contributed by atoms with Gasteiger partial charge in [0.2, 0.25) is 0 Å². The minimum Gasteiger partial charge on any atom is -0.493 e. The second kappa shape index (κ2) is 10.4. The van der Waals surface area contributed by atoms with Crippen LogP contribution in [0.5, 0.6) is 11.5 Å². The van der Waals surface area contributed by atoms with Crippen LogP contribution in [0, 0.1) is 17.1 Å². The Hall–Kier alpha value is -3.63. The van der Waals surface area contributed by atoms with Gasteiger partial charge in [-0.05, 0) is 42.0 Å². The molecule has 0 atom stereocenters. The molecule has 0 saturated heterocycles. The van der Waals surface area contributed by atoms with Crippen molar-refractivity contribution in [2.75, 3.05) is 12.4 Å². The summed E-state index contributed by atoms with van der Waals surface area (Å²) >= 11 is 3.39. The molecule has 7 heteroatoms. The van der Waals surface area contributed by atoms with Crippen LogP contribution in [0.15, 0.2) is 76.8 Å². The zero-order chi connectivity index (χ0) is 22.2. The highest BCUT2D eigenvalue weighted by molar-refractivity contribution is 9.10. The number of nitrogens with zero attached hydrogens (tertiary/aromatic N) is 1. The molecular formula is C24H18BrFN2O3. The Labute approximate surface area is 187 Å². The molecule has 0 fully saturated rings. The van der Waals surface area contributed by atoms with Gasteiger partial charge in [0.25, 0.3) is 5.91 Å². The lowest BCUT2D eigenvalue weighted by atomic mass is 10.1. The van der Waals surface area contributed by atoms with E-state index in [2.05, 4.69) is 21.2 Å². The molecule has 31 heavy (non-hydrogen) atoms. The van der Waals surface area contributed by atoms with Crippen molar-refractivity contribution in [3.8, 4) is 17.6 Å². The summed E-state index contributed by atoms with van der Waals surface area (Å²) in [5.74, 6) is -0.473. The molecule has 0 bridgehead atoms. The molecule has 0 aliphatic rings. The van der Waals surface area contributed by atoms with Crippen molar-refractivity contribution in [3.05, 3.63) is 93.7 Å². The fourth-order valence-electron chi connectivity index (χ4n) is 2.75. The monoisotopic (exact) mass is 480 g/mol. The third kappa shape index (κ3) is 5.71. The van der Waals surface area contributed by atoms with E-state index in [1.54, 1.807) is 24.3 Å². The van der Waals surface area contributed by atoms with Crippen molar-refractivity contribution in [2.45, 2.75) is 6.61 Å². The molecule has 5 nitrogen and oxygen atoms in total. The third-order valence-corrected chi connectivity index (χ3v) is 4.84. The molecule has 0 heterocycles. The van der Waals surface area contributed by atoms with Crippen LogP contribution in [0.4, 0.5) is 10.1 Å². The number of nitrogens with one attached hydrogen (secondary N) is 1. The first-order valence-corrected chi connectivity index (χ1v) is 10.0. The summed E-state index contributed by atoms with van der Waals surface area (Å²) in [4.78, 5) is 12.5. The largest absolute Gasteiger partial charge is 0.493 e. The number of anilines is 1. The number of amides is 1. The van der Waals surface area contributed by atoms with Crippen molar-refractivity contribution >= 4 is 33.6 Å². The van der Waals surface area contributed by atoms with Crippen LogP contribution >= 0.6 is 15.9 Å². The number of rotatable bonds is 7. The molecule has 3 rings (SSSR count). The maximum atomic E-state index is 13.8. The van der Waals surface area contributed by atoms with E-state index in [0.29, 0.717) is 17.1 Å². The molecule has 156 valence electrons. The minimum absolute atomic E-state index is 0.00833. The average Bonchev–Trinajstić information content (AvgIpc) is 2.78. The van der Waals surface area contributed by atoms with E-state index in [9.17, 15) is 14.4 Å². The molecule has 0 radical (unpaired) electrons. The highest BCUT2D eigenvalue weighted by Crippen LogP contribution is 2.33. The SMILES string of the molecule is COc1cccc(/C=C(\C#N)C(=O)Nc2ccccc2F)c1OCc1ccc(Br)cc1. The van der Waals surface area contributed by atoms with E-state index in [1.807, 2.05) is 30.3 Å². The number of halogens is 2. The summed E-state index contributed by atoms with van der Waals surface area (Å²) in [6.45, 7) is 0.262. The number of methoxy groups -OCH3 is 1. The molecule has 0 spiro atoms. The summed E-state index contributed by atoms with van der Waals surface area (Å²) in [5, 5.41) is 11.9. The van der Waals surface area contributed by atoms with Gasteiger partial charge in [-0.25, -0.2) is 4.39 Å². The Kier molecular flexibility index (Phi) is 7.41. The molecule has 0 aliphatic carbocycles. The quantitative estimate of drug-likeness (QED) is 0.346. The molecule has 1 N–H and O–H groups in total. The molecule has 1 amide bonds. The second-order valence-corrected chi connectivity index (χ2v) is 7.31. The molecule has 0 aromatic heterocycles. The Morgan fingerprint density at radius 2 is 1.87 bits per heavy atom. The van der Waals surface area contributed by atoms with Crippen molar-refractivity contribution in [1.29, 1.82) is 5.26 Å². The van der Waals surface area contributed by atoms with Gasteiger partial charge in [0.15, 0.2) is 11.5 Å². The molecule has 0 unspecified atom stereocenters. The van der Waals surface area contributed by atoms with Crippen LogP contribution in [0.25, 0.3) is 6.08 Å². The molecule has 3 aromatic rings. The van der Waals surface area contributed by atoms with Crippen molar-refractivity contribution < 1.29 is 18.7 Å². The zero-order valence-electron chi connectivity index (χ0n) is 16.6. The van der Waals surface area contributed by atoms with Gasteiger partial charge in [-0.15, -0.1) is 0 Å². The Bertz CT molecular complexity index is 1150. The lowest BCUT2D eigenvalue weighted by molar-refractivity contribution is -0.112. The van der Waals surface area contributed by atoms with Gasteiger partial charge < -0.3 is 14.8 Å². The minimum atomic E-state index is -0.728. The fourth-order valence-corrected chi connectivity index (χ4v) is 3.02. The fraction of sp³-hybridized carbons (Fsp3) is 0.0833. The van der Waals surface area contributed by atoms with Gasteiger partial charge in [0, 0.05) is 10.0 Å². The second-order valence-electron chi connectivity index (χ2n) is 6.40. The van der Waals surface area contributed by atoms with Crippen LogP contribution in [0.2, 0.25) is 0 Å². The van der Waals surface area contributed by atoms with Crippen LogP contribution < -0.4 is 14.8 Å². The number of hydrogen-bond donors (Lipinski definition) is 1.